The lowest BCUT2D eigenvalue weighted by Crippen LogP contribution is -2.04. The van der Waals surface area contributed by atoms with E-state index in [4.69, 9.17) is 9.84 Å². The van der Waals surface area contributed by atoms with Crippen molar-refractivity contribution in [1.29, 1.82) is 0 Å². The molecule has 0 spiro atoms. The quantitative estimate of drug-likeness (QED) is 0.0451. The molecule has 0 saturated carbocycles. The normalized spacial score (nSPS) is 21.8. The summed E-state index contributed by atoms with van der Waals surface area (Å²) in [5, 5.41) is 9.01. The molecule has 8 aliphatic rings. The van der Waals surface area contributed by atoms with Crippen LogP contribution in [0.1, 0.15) is 26.7 Å². The van der Waals surface area contributed by atoms with Gasteiger partial charge in [0.2, 0.25) is 0 Å². The van der Waals surface area contributed by atoms with E-state index >= 15 is 0 Å². The average Bonchev–Trinajstić information content (AvgIpc) is 4.14. The van der Waals surface area contributed by atoms with Crippen molar-refractivity contribution in [3.8, 4) is 0 Å². The number of hydrogen-bond acceptors (Lipinski definition) is 27. The van der Waals surface area contributed by atoms with Crippen molar-refractivity contribution >= 4 is 300 Å². The highest BCUT2D eigenvalue weighted by Gasteiger charge is 2.39. The third kappa shape index (κ3) is 14.8. The van der Waals surface area contributed by atoms with Gasteiger partial charge in [0.05, 0.1) is 91.0 Å². The van der Waals surface area contributed by atoms with Crippen LogP contribution in [-0.4, -0.2) is 70.0 Å². The summed E-state index contributed by atoms with van der Waals surface area (Å²) >= 11 is 49.7. The van der Waals surface area contributed by atoms with Gasteiger partial charge in [-0.05, 0) is 25.9 Å². The topological polar surface area (TPSA) is 63.6 Å². The van der Waals surface area contributed by atoms with Crippen LogP contribution in [0.25, 0.3) is 0 Å². The maximum Gasteiger partial charge on any atom is 0.306 e. The van der Waals surface area contributed by atoms with E-state index < -0.39 is 10.5 Å². The fourth-order valence-corrected chi connectivity index (χ4v) is 37.8. The molecule has 0 saturated heterocycles. The molecule has 1 atom stereocenters. The third-order valence-corrected chi connectivity index (χ3v) is 40.2. The lowest BCUT2D eigenvalue weighted by molar-refractivity contribution is -0.142. The molecule has 0 bridgehead atoms. The van der Waals surface area contributed by atoms with Gasteiger partial charge in [-0.15, -0.1) is 69.3 Å². The molecule has 0 amide bonds. The van der Waals surface area contributed by atoms with Crippen molar-refractivity contribution in [2.45, 2.75) is 26.7 Å². The second-order valence-electron chi connectivity index (χ2n) is 11.4. The molecule has 63 heavy (non-hydrogen) atoms. The van der Waals surface area contributed by atoms with Crippen molar-refractivity contribution in [1.82, 2.24) is 0 Å². The van der Waals surface area contributed by atoms with Crippen LogP contribution < -0.4 is 0 Å². The van der Waals surface area contributed by atoms with Crippen LogP contribution in [0.2, 0.25) is 0 Å². The Bertz CT molecular complexity index is 2160. The number of ether oxygens (including phenoxy) is 1. The first-order valence-corrected chi connectivity index (χ1v) is 39.1. The summed E-state index contributed by atoms with van der Waals surface area (Å²) in [4.78, 5) is 25.9. The first-order chi connectivity index (χ1) is 30.6. The maximum absolute atomic E-state index is 12.2. The molecule has 0 aliphatic carbocycles. The van der Waals surface area contributed by atoms with E-state index in [-0.39, 0.29) is 11.9 Å². The van der Waals surface area contributed by atoms with E-state index in [1.807, 2.05) is 254 Å². The van der Waals surface area contributed by atoms with Gasteiger partial charge in [-0.25, -0.2) is 0 Å². The zero-order valence-corrected chi connectivity index (χ0v) is 52.7. The molecule has 1 N–H and O–H groups in total. The van der Waals surface area contributed by atoms with Gasteiger partial charge in [0.25, 0.3) is 0 Å². The molecule has 0 aromatic rings. The number of esters is 1. The zero-order chi connectivity index (χ0) is 44.6. The molecule has 0 aromatic heterocycles. The van der Waals surface area contributed by atoms with Gasteiger partial charge in [0.15, 0.2) is 5.62 Å². The zero-order valence-electron chi connectivity index (χ0n) is 33.0. The number of thiol groups is 2. The number of carbonyl (C=O) groups is 2. The average molecular weight is 1290 g/mol. The highest BCUT2D eigenvalue weighted by molar-refractivity contribution is 8.52. The number of carbonyl (C=O) groups excluding carboxylic acids is 2. The van der Waals surface area contributed by atoms with Crippen LogP contribution in [0.15, 0.2) is 86.7 Å². The summed E-state index contributed by atoms with van der Waals surface area (Å²) < 4.78 is 29.3. The van der Waals surface area contributed by atoms with Gasteiger partial charge in [0.1, 0.15) is 0 Å². The summed E-state index contributed by atoms with van der Waals surface area (Å²) in [6.45, 7) is 4.59. The number of allylic oxidation sites excluding steroid dienone is 1. The van der Waals surface area contributed by atoms with Crippen LogP contribution in [0.5, 0.6) is 0 Å². The lowest BCUT2D eigenvalue weighted by Gasteiger charge is -2.08. The molecule has 1 unspecified atom stereocenters. The molecular weight excluding hydrogens is 1250 g/mol. The van der Waals surface area contributed by atoms with E-state index in [0.717, 1.165) is 28.8 Å². The Kier molecular flexibility index (Phi) is 24.6. The number of aliphatic hydroxyl groups excluding tert-OH is 1. The van der Waals surface area contributed by atoms with Crippen molar-refractivity contribution in [2.75, 3.05) is 47.4 Å². The van der Waals surface area contributed by atoms with Crippen molar-refractivity contribution in [3.63, 3.8) is 0 Å². The van der Waals surface area contributed by atoms with Gasteiger partial charge < -0.3 is 9.84 Å². The molecule has 8 aliphatic heterocycles. The molecule has 8 rings (SSSR count). The van der Waals surface area contributed by atoms with Crippen LogP contribution in [0.4, 0.5) is 0 Å². The van der Waals surface area contributed by atoms with E-state index in [1.165, 1.54) is 86.7 Å². The van der Waals surface area contributed by atoms with Gasteiger partial charge in [-0.3, -0.25) is 9.59 Å². The monoisotopic (exact) mass is 1290 g/mol. The van der Waals surface area contributed by atoms with Gasteiger partial charge >= 0.3 is 5.97 Å². The summed E-state index contributed by atoms with van der Waals surface area (Å²) in [5.41, 5.74) is 0.639. The van der Waals surface area contributed by atoms with Gasteiger partial charge in [-0.2, -0.15) is 25.3 Å². The Labute approximate surface area is 473 Å². The summed E-state index contributed by atoms with van der Waals surface area (Å²) in [5.74, 6) is 5.35. The highest BCUT2D eigenvalue weighted by atomic mass is 32.3. The van der Waals surface area contributed by atoms with Gasteiger partial charge in [-0.1, -0.05) is 201 Å². The van der Waals surface area contributed by atoms with E-state index in [1.54, 1.807) is 0 Å². The van der Waals surface area contributed by atoms with E-state index in [9.17, 15) is 9.59 Å². The Balaban J connectivity index is 0.000000928. The number of thioether (sulfide) groups is 21. The van der Waals surface area contributed by atoms with Crippen LogP contribution in [-0.2, 0) is 14.3 Å². The summed E-state index contributed by atoms with van der Waals surface area (Å²) in [6.07, 6.45) is 5.85. The Morgan fingerprint density at radius 2 is 0.952 bits per heavy atom. The minimum Gasteiger partial charge on any atom is -0.466 e. The number of hydrogen-bond donors (Lipinski definition) is 3. The summed E-state index contributed by atoms with van der Waals surface area (Å²) in [7, 11) is -0.659. The van der Waals surface area contributed by atoms with Crippen molar-refractivity contribution in [3.05, 3.63) is 86.7 Å². The number of rotatable bonds is 16. The molecule has 0 fully saturated rings. The smallest absolute Gasteiger partial charge is 0.306 e. The molecule has 4 nitrogen and oxygen atoms in total. The molecule has 8 heterocycles. The van der Waals surface area contributed by atoms with Crippen LogP contribution in [0, 0.1) is 0 Å². The summed E-state index contributed by atoms with van der Waals surface area (Å²) in [6, 6.07) is 0. The number of aliphatic hydroxyl groups is 1. The second kappa shape index (κ2) is 27.9. The fourth-order valence-electron chi connectivity index (χ4n) is 4.68. The predicted octanol–water partition coefficient (Wildman–Crippen LogP) is 19.2. The van der Waals surface area contributed by atoms with Gasteiger partial charge in [0, 0.05) is 37.1 Å². The lowest BCUT2D eigenvalue weighted by atomic mass is 10.5. The Hall–Kier alpha value is 4.77. The Morgan fingerprint density at radius 3 is 1.33 bits per heavy atom. The van der Waals surface area contributed by atoms with Crippen molar-refractivity contribution in [2.24, 2.45) is 0 Å². The van der Waals surface area contributed by atoms with E-state index in [0.29, 0.717) is 18.6 Å². The standard InChI is InChI=1S/C32H28O2S23.C3H6O2S/c1-5-12-16(45-22(42-12)24-52-29-30(53-24)51-23(50-29)21-43-13(9-35)14(10-36)44-21)40-11-41-20-19(39-8-7-15(33)34-6-2)48-26(49-20)28-56-31-32(57-28)55-27(54-31)25-46-17(37-3)18(38-4)47-25;1-6(2-4)3-5/h35-36H,5-11H2,1-4H3;2,5H,1,3H2. The minimum absolute atomic E-state index is 0.114. The molecule has 28 heteroatoms. The SMILES string of the molecule is C=S(C=O)CO.CCOC(=O)CCSC1=C(SCSC2=C(CC)SC(=C3SC4=C(SC(=C5SC(CS)=C(CS)S5)S4)S3)S2)SC(=C2SC3=C(SC(=C4SC(SC)=C(SC)S4)S3)S2)S1. The predicted molar refractivity (Wildman–Crippen MR) is 339 cm³/mol. The van der Waals surface area contributed by atoms with Crippen LogP contribution in [0.3, 0.4) is 0 Å². The second-order valence-corrected chi connectivity index (χ2v) is 39.6. The van der Waals surface area contributed by atoms with Crippen LogP contribution >= 0.6 is 283 Å². The minimum atomic E-state index is -0.659. The fraction of sp³-hybridized carbons (Fsp3) is 0.343. The maximum atomic E-state index is 12.2. The van der Waals surface area contributed by atoms with E-state index in [2.05, 4.69) is 50.6 Å². The molecular formula is C35H34O4S24. The molecule has 0 radical (unpaired) electrons. The molecule has 342 valence electrons. The highest BCUT2D eigenvalue weighted by Crippen LogP contribution is 2.75. The molecule has 0 aromatic carbocycles. The van der Waals surface area contributed by atoms with Crippen molar-refractivity contribution < 1.29 is 19.4 Å². The first kappa shape index (κ1) is 55.5. The third-order valence-electron chi connectivity index (χ3n) is 7.44. The largest absolute Gasteiger partial charge is 0.466 e. The first-order valence-electron chi connectivity index (χ1n) is 17.8. The Morgan fingerprint density at radius 1 is 0.587 bits per heavy atom.